The van der Waals surface area contributed by atoms with E-state index in [1.165, 1.54) is 87.7 Å². The van der Waals surface area contributed by atoms with Crippen LogP contribution in [0.25, 0.3) is 31.3 Å². The Labute approximate surface area is 332 Å². The van der Waals surface area contributed by atoms with Gasteiger partial charge in [0, 0.05) is 59.6 Å². The maximum atomic E-state index is 2.55. The number of para-hydroxylation sites is 3. The fourth-order valence-corrected chi connectivity index (χ4v) is 10.7. The second kappa shape index (κ2) is 13.4. The molecule has 0 amide bonds. The topological polar surface area (TPSA) is 6.48 Å². The van der Waals surface area contributed by atoms with E-state index < -0.39 is 0 Å². The summed E-state index contributed by atoms with van der Waals surface area (Å²) in [6.07, 6.45) is 4.45. The van der Waals surface area contributed by atoms with Gasteiger partial charge in [0.05, 0.1) is 5.69 Å². The minimum atomic E-state index is -0.0339. The van der Waals surface area contributed by atoms with Crippen LogP contribution >= 0.6 is 11.3 Å². The zero-order chi connectivity index (χ0) is 37.1. The van der Waals surface area contributed by atoms with E-state index in [2.05, 4.69) is 204 Å². The van der Waals surface area contributed by atoms with Crippen molar-refractivity contribution in [1.29, 1.82) is 0 Å². The molecule has 0 radical (unpaired) electrons. The summed E-state index contributed by atoms with van der Waals surface area (Å²) in [4.78, 5) is 4.92. The standard InChI is InChI=1S/C53H40N2S/c1-4-14-37(15-5-1)45-20-10-12-22-50(45)55(42-28-29-52-47(34-42)46-21-11-13-23-51(46)56-52)44-27-25-39-31-33-53(49(39)36-44)32-30-38-24-26-43(35-48(38)53)54(40-16-6-2-7-17-40)41-18-8-3-9-19-41/h1-29,34-36H,30-33H2. The maximum Gasteiger partial charge on any atom is 0.0540 e. The number of thiophene rings is 1. The van der Waals surface area contributed by atoms with Crippen molar-refractivity contribution in [3.05, 3.63) is 216 Å². The van der Waals surface area contributed by atoms with Gasteiger partial charge in [0.15, 0.2) is 0 Å². The number of hydrogen-bond acceptors (Lipinski definition) is 3. The highest BCUT2D eigenvalue weighted by atomic mass is 32.1. The Balaban J connectivity index is 1.08. The number of hydrogen-bond donors (Lipinski definition) is 0. The third-order valence-electron chi connectivity index (χ3n) is 12.3. The van der Waals surface area contributed by atoms with Crippen molar-refractivity contribution in [3.8, 4) is 11.1 Å². The summed E-state index contributed by atoms with van der Waals surface area (Å²) in [6.45, 7) is 0. The van der Waals surface area contributed by atoms with Gasteiger partial charge in [-0.05, 0) is 132 Å². The fourth-order valence-electron chi connectivity index (χ4n) is 9.65. The van der Waals surface area contributed by atoms with E-state index in [0.29, 0.717) is 0 Å². The number of nitrogens with zero attached hydrogens (tertiary/aromatic N) is 2. The average molecular weight is 737 g/mol. The van der Waals surface area contributed by atoms with Crippen LogP contribution in [0, 0.1) is 0 Å². The normalized spacial score (nSPS) is 15.6. The zero-order valence-electron chi connectivity index (χ0n) is 31.1. The highest BCUT2D eigenvalue weighted by molar-refractivity contribution is 7.25. The predicted octanol–water partition coefficient (Wildman–Crippen LogP) is 14.8. The molecule has 0 bridgehead atoms. The van der Waals surface area contributed by atoms with Gasteiger partial charge in [-0.3, -0.25) is 0 Å². The summed E-state index contributed by atoms with van der Waals surface area (Å²) in [5.74, 6) is 0. The van der Waals surface area contributed by atoms with Gasteiger partial charge in [-0.25, -0.2) is 0 Å². The van der Waals surface area contributed by atoms with Crippen LogP contribution in [0.15, 0.2) is 194 Å². The number of benzene rings is 8. The Morgan fingerprint density at radius 2 is 0.911 bits per heavy atom. The molecule has 1 unspecified atom stereocenters. The van der Waals surface area contributed by atoms with Crippen molar-refractivity contribution in [2.75, 3.05) is 9.80 Å². The van der Waals surface area contributed by atoms with Crippen molar-refractivity contribution in [1.82, 2.24) is 0 Å². The van der Waals surface area contributed by atoms with Crippen molar-refractivity contribution < 1.29 is 0 Å². The Morgan fingerprint density at radius 1 is 0.393 bits per heavy atom. The Kier molecular flexibility index (Phi) is 7.89. The van der Waals surface area contributed by atoms with Crippen LogP contribution in [-0.4, -0.2) is 0 Å². The first-order valence-electron chi connectivity index (χ1n) is 19.8. The van der Waals surface area contributed by atoms with E-state index in [9.17, 15) is 0 Å². The van der Waals surface area contributed by atoms with E-state index in [1.54, 1.807) is 0 Å². The Morgan fingerprint density at radius 3 is 1.59 bits per heavy atom. The first-order chi connectivity index (χ1) is 27.7. The molecule has 1 aromatic heterocycles. The molecular formula is C53H40N2S. The van der Waals surface area contributed by atoms with Gasteiger partial charge in [-0.2, -0.15) is 0 Å². The van der Waals surface area contributed by atoms with Crippen LogP contribution in [0.5, 0.6) is 0 Å². The highest BCUT2D eigenvalue weighted by Gasteiger charge is 2.45. The molecule has 0 fully saturated rings. The molecule has 0 saturated heterocycles. The van der Waals surface area contributed by atoms with Gasteiger partial charge in [0.2, 0.25) is 0 Å². The predicted molar refractivity (Wildman–Crippen MR) is 238 cm³/mol. The average Bonchev–Trinajstić information content (AvgIpc) is 3.95. The van der Waals surface area contributed by atoms with E-state index in [-0.39, 0.29) is 5.41 Å². The van der Waals surface area contributed by atoms with Crippen molar-refractivity contribution >= 4 is 65.6 Å². The van der Waals surface area contributed by atoms with Gasteiger partial charge >= 0.3 is 0 Å². The first-order valence-corrected chi connectivity index (χ1v) is 20.6. The molecule has 0 saturated carbocycles. The summed E-state index contributed by atoms with van der Waals surface area (Å²) in [5.41, 5.74) is 15.4. The molecule has 1 atom stereocenters. The number of anilines is 6. The first kappa shape index (κ1) is 33.0. The quantitative estimate of drug-likeness (QED) is 0.161. The largest absolute Gasteiger partial charge is 0.310 e. The molecule has 2 aliphatic carbocycles. The van der Waals surface area contributed by atoms with E-state index in [4.69, 9.17) is 0 Å². The van der Waals surface area contributed by atoms with Gasteiger partial charge in [-0.15, -0.1) is 11.3 Å². The molecule has 268 valence electrons. The lowest BCUT2D eigenvalue weighted by atomic mass is 9.76. The molecule has 1 spiro atoms. The molecule has 2 aliphatic rings. The van der Waals surface area contributed by atoms with Gasteiger partial charge < -0.3 is 9.80 Å². The minimum Gasteiger partial charge on any atom is -0.310 e. The molecule has 9 aromatic rings. The number of rotatable bonds is 7. The van der Waals surface area contributed by atoms with Crippen molar-refractivity contribution in [3.63, 3.8) is 0 Å². The summed E-state index contributed by atoms with van der Waals surface area (Å²) >= 11 is 1.87. The van der Waals surface area contributed by atoms with Crippen LogP contribution in [0.3, 0.4) is 0 Å². The lowest BCUT2D eigenvalue weighted by Gasteiger charge is -2.32. The van der Waals surface area contributed by atoms with Gasteiger partial charge in [-0.1, -0.05) is 115 Å². The van der Waals surface area contributed by atoms with E-state index in [0.717, 1.165) is 25.7 Å². The molecule has 1 heterocycles. The van der Waals surface area contributed by atoms with Crippen LogP contribution in [0.2, 0.25) is 0 Å². The fraction of sp³-hybridized carbons (Fsp3) is 0.0943. The molecule has 0 aliphatic heterocycles. The number of aryl methyl sites for hydroxylation is 2. The molecule has 2 nitrogen and oxygen atoms in total. The van der Waals surface area contributed by atoms with Gasteiger partial charge in [0.1, 0.15) is 0 Å². The van der Waals surface area contributed by atoms with E-state index >= 15 is 0 Å². The molecule has 8 aromatic carbocycles. The minimum absolute atomic E-state index is 0.0339. The van der Waals surface area contributed by atoms with Crippen molar-refractivity contribution in [2.24, 2.45) is 0 Å². The SMILES string of the molecule is c1ccc(-c2ccccc2N(c2ccc3c(c2)C2(CCc4ccc(N(c5ccccc5)c5ccccc5)cc42)CC3)c2ccc3sc4ccccc4c3c2)cc1. The summed E-state index contributed by atoms with van der Waals surface area (Å²) in [5, 5.41) is 2.62. The lowest BCUT2D eigenvalue weighted by Crippen LogP contribution is -2.22. The lowest BCUT2D eigenvalue weighted by molar-refractivity contribution is 0.507. The molecule has 0 N–H and O–H groups in total. The smallest absolute Gasteiger partial charge is 0.0540 e. The third-order valence-corrected chi connectivity index (χ3v) is 13.4. The zero-order valence-corrected chi connectivity index (χ0v) is 31.9. The van der Waals surface area contributed by atoms with Crippen LogP contribution in [0.1, 0.15) is 35.1 Å². The van der Waals surface area contributed by atoms with E-state index in [1.807, 2.05) is 11.3 Å². The molecule has 56 heavy (non-hydrogen) atoms. The second-order valence-corrected chi connectivity index (χ2v) is 16.4. The molecule has 3 heteroatoms. The van der Waals surface area contributed by atoms with Crippen LogP contribution in [0.4, 0.5) is 34.1 Å². The van der Waals surface area contributed by atoms with Gasteiger partial charge in [0.25, 0.3) is 0 Å². The summed E-state index contributed by atoms with van der Waals surface area (Å²) in [6, 6.07) is 71.8. The summed E-state index contributed by atoms with van der Waals surface area (Å²) < 4.78 is 2.64. The van der Waals surface area contributed by atoms with Crippen LogP contribution in [-0.2, 0) is 18.3 Å². The highest BCUT2D eigenvalue weighted by Crippen LogP contribution is 2.55. The monoisotopic (exact) mass is 736 g/mol. The molecule has 11 rings (SSSR count). The third kappa shape index (κ3) is 5.38. The summed E-state index contributed by atoms with van der Waals surface area (Å²) in [7, 11) is 0. The Bertz CT molecular complexity index is 2840. The van der Waals surface area contributed by atoms with Crippen LogP contribution < -0.4 is 9.80 Å². The van der Waals surface area contributed by atoms with Crippen molar-refractivity contribution in [2.45, 2.75) is 31.1 Å². The second-order valence-electron chi connectivity index (χ2n) is 15.3. The molecular weight excluding hydrogens is 697 g/mol. The number of fused-ring (bicyclic) bond motifs is 7. The Hall–Kier alpha value is -6.42. The maximum absolute atomic E-state index is 2.55.